The summed E-state index contributed by atoms with van der Waals surface area (Å²) in [5.41, 5.74) is 5.63. The van der Waals surface area contributed by atoms with Crippen molar-refractivity contribution in [3.05, 3.63) is 60.2 Å². The Bertz CT molecular complexity index is 1400. The summed E-state index contributed by atoms with van der Waals surface area (Å²) in [5, 5.41) is 9.98. The molecule has 0 saturated heterocycles. The monoisotopic (exact) mass is 565 g/mol. The Morgan fingerprint density at radius 2 is 1.85 bits per heavy atom. The Balaban J connectivity index is 1.66. The van der Waals surface area contributed by atoms with Crippen molar-refractivity contribution >= 4 is 27.4 Å². The number of ether oxygens (including phenoxy) is 1. The number of Topliss-reactive ketones (excluding diaryl/α,β-unsaturated/α-hetero) is 1. The van der Waals surface area contributed by atoms with Crippen LogP contribution in [0.3, 0.4) is 0 Å². The second kappa shape index (κ2) is 13.5. The summed E-state index contributed by atoms with van der Waals surface area (Å²) in [5.74, 6) is -4.05. The summed E-state index contributed by atoms with van der Waals surface area (Å²) in [7, 11) is -3.93. The van der Waals surface area contributed by atoms with Gasteiger partial charge < -0.3 is 20.2 Å². The van der Waals surface area contributed by atoms with Crippen LogP contribution in [0.2, 0.25) is 0 Å². The van der Waals surface area contributed by atoms with Crippen molar-refractivity contribution in [1.29, 1.82) is 0 Å². The molecule has 0 saturated carbocycles. The number of amides is 2. The number of rotatable bonds is 15. The van der Waals surface area contributed by atoms with Gasteiger partial charge in [0.25, 0.3) is 5.89 Å². The van der Waals surface area contributed by atoms with Gasteiger partial charge in [-0.05, 0) is 31.0 Å². The molecule has 0 bridgehead atoms. The normalized spacial score (nSPS) is 12.2. The van der Waals surface area contributed by atoms with Gasteiger partial charge in [-0.15, -0.1) is 10.2 Å². The van der Waals surface area contributed by atoms with E-state index < -0.39 is 63.9 Å². The Hall–Kier alpha value is -4.27. The first-order valence-corrected chi connectivity index (χ1v) is 13.4. The lowest BCUT2D eigenvalue weighted by molar-refractivity contribution is -0.121. The molecule has 0 aliphatic carbocycles. The van der Waals surface area contributed by atoms with E-state index in [0.29, 0.717) is 5.56 Å². The fraction of sp³-hybridized carbons (Fsp3) is 0.333. The number of alkyl halides is 2. The van der Waals surface area contributed by atoms with E-state index in [1.165, 1.54) is 36.7 Å². The van der Waals surface area contributed by atoms with Crippen LogP contribution >= 0.6 is 0 Å². The number of halogens is 2. The van der Waals surface area contributed by atoms with Crippen LogP contribution in [-0.4, -0.2) is 59.6 Å². The molecule has 0 spiro atoms. The van der Waals surface area contributed by atoms with Crippen molar-refractivity contribution in [3.8, 4) is 17.2 Å². The van der Waals surface area contributed by atoms with Crippen LogP contribution < -0.4 is 15.8 Å². The SMILES string of the molecule is NC(=O)CCCC(NC(=O)CCS(=O)(=O)Cc1ccccc1OC(F)F)C(=O)c1nnc(-c2cccnc2)o1. The van der Waals surface area contributed by atoms with E-state index in [0.717, 1.165) is 0 Å². The maximum Gasteiger partial charge on any atom is 0.387 e. The van der Waals surface area contributed by atoms with Crippen molar-refractivity contribution < 1.29 is 40.7 Å². The second-order valence-corrected chi connectivity index (χ2v) is 10.5. The maximum absolute atomic E-state index is 13.0. The van der Waals surface area contributed by atoms with E-state index in [2.05, 4.69) is 25.2 Å². The van der Waals surface area contributed by atoms with E-state index in [-0.39, 0.29) is 36.5 Å². The highest BCUT2D eigenvalue weighted by Gasteiger charge is 2.28. The van der Waals surface area contributed by atoms with Gasteiger partial charge in [0.05, 0.1) is 23.1 Å². The number of hydrogen-bond acceptors (Lipinski definition) is 10. The molecule has 2 heterocycles. The third-order valence-electron chi connectivity index (χ3n) is 5.32. The smallest absolute Gasteiger partial charge is 0.387 e. The fourth-order valence-electron chi connectivity index (χ4n) is 3.48. The van der Waals surface area contributed by atoms with E-state index in [1.807, 2.05) is 0 Å². The molecule has 2 aromatic heterocycles. The predicted molar refractivity (Wildman–Crippen MR) is 132 cm³/mol. The molecule has 12 nitrogen and oxygen atoms in total. The van der Waals surface area contributed by atoms with Crippen LogP contribution in [0.15, 0.2) is 53.2 Å². The topological polar surface area (TPSA) is 184 Å². The van der Waals surface area contributed by atoms with Crippen LogP contribution in [0, 0.1) is 0 Å². The molecule has 2 amide bonds. The molecule has 0 aliphatic heterocycles. The van der Waals surface area contributed by atoms with Crippen LogP contribution in [0.25, 0.3) is 11.5 Å². The van der Waals surface area contributed by atoms with Crippen molar-refractivity contribution in [2.45, 2.75) is 44.1 Å². The zero-order valence-corrected chi connectivity index (χ0v) is 21.3. The summed E-state index contributed by atoms with van der Waals surface area (Å²) in [6, 6.07) is 7.49. The Morgan fingerprint density at radius 3 is 2.54 bits per heavy atom. The largest absolute Gasteiger partial charge is 0.435 e. The van der Waals surface area contributed by atoms with E-state index in [1.54, 1.807) is 12.1 Å². The lowest BCUT2D eigenvalue weighted by atomic mass is 10.0. The molecule has 0 aliphatic rings. The predicted octanol–water partition coefficient (Wildman–Crippen LogP) is 2.06. The third kappa shape index (κ3) is 9.21. The van der Waals surface area contributed by atoms with Crippen LogP contribution in [-0.2, 0) is 25.2 Å². The number of pyridine rings is 1. The zero-order chi connectivity index (χ0) is 28.4. The van der Waals surface area contributed by atoms with E-state index >= 15 is 0 Å². The molecule has 208 valence electrons. The van der Waals surface area contributed by atoms with Gasteiger partial charge >= 0.3 is 6.61 Å². The number of para-hydroxylation sites is 1. The molecule has 15 heteroatoms. The highest BCUT2D eigenvalue weighted by Crippen LogP contribution is 2.23. The van der Waals surface area contributed by atoms with Crippen LogP contribution in [0.5, 0.6) is 5.75 Å². The number of sulfone groups is 1. The maximum atomic E-state index is 13.0. The van der Waals surface area contributed by atoms with Gasteiger partial charge in [-0.2, -0.15) is 8.78 Å². The number of benzene rings is 1. The zero-order valence-electron chi connectivity index (χ0n) is 20.5. The van der Waals surface area contributed by atoms with E-state index in [4.69, 9.17) is 10.2 Å². The number of nitrogens with zero attached hydrogens (tertiary/aromatic N) is 3. The number of aromatic nitrogens is 3. The minimum Gasteiger partial charge on any atom is -0.435 e. The summed E-state index contributed by atoms with van der Waals surface area (Å²) < 4.78 is 60.2. The van der Waals surface area contributed by atoms with Crippen molar-refractivity contribution in [1.82, 2.24) is 20.5 Å². The summed E-state index contributed by atoms with van der Waals surface area (Å²) in [6.07, 6.45) is 2.54. The third-order valence-corrected chi connectivity index (χ3v) is 6.89. The van der Waals surface area contributed by atoms with Gasteiger partial charge in [0.2, 0.25) is 23.5 Å². The van der Waals surface area contributed by atoms with Gasteiger partial charge in [0.15, 0.2) is 9.84 Å². The number of hydrogen-bond donors (Lipinski definition) is 2. The highest BCUT2D eigenvalue weighted by molar-refractivity contribution is 7.90. The molecule has 1 atom stereocenters. The minimum atomic E-state index is -3.93. The van der Waals surface area contributed by atoms with Crippen LogP contribution in [0.4, 0.5) is 8.78 Å². The van der Waals surface area contributed by atoms with E-state index in [9.17, 15) is 31.6 Å². The highest BCUT2D eigenvalue weighted by atomic mass is 32.2. The summed E-state index contributed by atoms with van der Waals surface area (Å²) >= 11 is 0. The molecule has 0 radical (unpaired) electrons. The van der Waals surface area contributed by atoms with Gasteiger partial charge in [0.1, 0.15) is 5.75 Å². The van der Waals surface area contributed by atoms with Crippen molar-refractivity contribution in [3.63, 3.8) is 0 Å². The number of ketones is 1. The Morgan fingerprint density at radius 1 is 1.08 bits per heavy atom. The molecule has 3 N–H and O–H groups in total. The lowest BCUT2D eigenvalue weighted by Crippen LogP contribution is -2.41. The summed E-state index contributed by atoms with van der Waals surface area (Å²) in [6.45, 7) is -3.14. The molecule has 1 unspecified atom stereocenters. The van der Waals surface area contributed by atoms with Gasteiger partial charge in [-0.25, -0.2) is 8.42 Å². The molecule has 39 heavy (non-hydrogen) atoms. The Labute approximate surface area is 221 Å². The van der Waals surface area contributed by atoms with Gasteiger partial charge in [-0.3, -0.25) is 19.4 Å². The molecule has 3 rings (SSSR count). The van der Waals surface area contributed by atoms with Gasteiger partial charge in [0, 0.05) is 30.8 Å². The number of carbonyl (C=O) groups excluding carboxylic acids is 3. The number of carbonyl (C=O) groups is 3. The molecular weight excluding hydrogens is 540 g/mol. The number of nitrogens with one attached hydrogen (secondary N) is 1. The first-order valence-electron chi connectivity index (χ1n) is 11.6. The standard InChI is InChI=1S/C24H25F2N5O7S/c25-24(26)37-18-8-2-1-5-16(18)14-39(35,36)12-10-20(33)29-17(7-3-9-19(27)32)21(34)23-31-30-22(38-23)15-6-4-11-28-13-15/h1-2,4-6,8,11,13,17,24H,3,7,9-10,12,14H2,(H2,27,32)(H,29,33). The Kier molecular flexibility index (Phi) is 10.1. The van der Waals surface area contributed by atoms with Crippen molar-refractivity contribution in [2.24, 2.45) is 5.73 Å². The first-order chi connectivity index (χ1) is 18.5. The quantitative estimate of drug-likeness (QED) is 0.259. The minimum absolute atomic E-state index is 0.0107. The van der Waals surface area contributed by atoms with Crippen molar-refractivity contribution in [2.75, 3.05) is 5.75 Å². The first kappa shape index (κ1) is 29.3. The lowest BCUT2D eigenvalue weighted by Gasteiger charge is -2.16. The average Bonchev–Trinajstić information content (AvgIpc) is 3.38. The summed E-state index contributed by atoms with van der Waals surface area (Å²) in [4.78, 5) is 40.7. The average molecular weight is 566 g/mol. The number of nitrogens with two attached hydrogens (primary N) is 1. The second-order valence-electron chi connectivity index (χ2n) is 8.33. The molecule has 1 aromatic carbocycles. The van der Waals surface area contributed by atoms with Gasteiger partial charge in [-0.1, -0.05) is 18.2 Å². The molecule has 0 fully saturated rings. The number of primary amides is 1. The molecular formula is C24H25F2N5O7S. The molecule has 3 aromatic rings. The fourth-order valence-corrected chi connectivity index (χ4v) is 4.84. The van der Waals surface area contributed by atoms with Crippen LogP contribution in [0.1, 0.15) is 41.9 Å².